The van der Waals surface area contributed by atoms with E-state index in [9.17, 15) is 23.1 Å². The van der Waals surface area contributed by atoms with Gasteiger partial charge in [-0.2, -0.15) is 18.2 Å². The molecule has 144 valence electrons. The van der Waals surface area contributed by atoms with E-state index in [2.05, 4.69) is 15.3 Å². The number of nitrogens with two attached hydrogens (primary N) is 1. The summed E-state index contributed by atoms with van der Waals surface area (Å²) >= 11 is 0. The first-order valence-electron chi connectivity index (χ1n) is 8.28. The number of rotatable bonds is 4. The van der Waals surface area contributed by atoms with Crippen LogP contribution >= 0.6 is 0 Å². The summed E-state index contributed by atoms with van der Waals surface area (Å²) in [5.74, 6) is -0.807. The average Bonchev–Trinajstić information content (AvgIpc) is 2.62. The van der Waals surface area contributed by atoms with Crippen LogP contribution in [0, 0.1) is 0 Å². The molecule has 0 saturated carbocycles. The van der Waals surface area contributed by atoms with Crippen LogP contribution in [-0.4, -0.2) is 40.2 Å². The summed E-state index contributed by atoms with van der Waals surface area (Å²) in [6, 6.07) is 6.08. The van der Waals surface area contributed by atoms with E-state index in [4.69, 9.17) is 5.73 Å². The first-order valence-corrected chi connectivity index (χ1v) is 8.28. The second kappa shape index (κ2) is 7.39. The molecule has 1 amide bonds. The molecule has 0 spiro atoms. The van der Waals surface area contributed by atoms with Crippen molar-refractivity contribution in [3.8, 4) is 0 Å². The number of aromatic nitrogens is 2. The Bertz CT molecular complexity index is 818. The molecular formula is C17H18F3N5O2. The number of hydrogen-bond donors (Lipinski definition) is 3. The highest BCUT2D eigenvalue weighted by atomic mass is 19.4. The summed E-state index contributed by atoms with van der Waals surface area (Å²) in [7, 11) is 0. The standard InChI is InChI=1S/C17H18F3N5O2/c18-17(19,20)13-9-22-16(23-11-3-1-10(2-4-11)14(21)27)24-15(13)25-7-5-12(26)6-8-25/h1-4,9,12,26H,5-8H2,(H2,21,27)(H,22,23,24). The van der Waals surface area contributed by atoms with Crippen molar-refractivity contribution in [2.24, 2.45) is 5.73 Å². The van der Waals surface area contributed by atoms with E-state index >= 15 is 0 Å². The molecule has 0 atom stereocenters. The molecule has 2 heterocycles. The molecule has 0 unspecified atom stereocenters. The summed E-state index contributed by atoms with van der Waals surface area (Å²) in [6.07, 6.45) is -3.61. The van der Waals surface area contributed by atoms with Gasteiger partial charge in [-0.15, -0.1) is 0 Å². The predicted molar refractivity (Wildman–Crippen MR) is 92.7 cm³/mol. The number of benzene rings is 1. The van der Waals surface area contributed by atoms with Crippen LogP contribution in [0.5, 0.6) is 0 Å². The lowest BCUT2D eigenvalue weighted by Gasteiger charge is -2.32. The highest BCUT2D eigenvalue weighted by molar-refractivity contribution is 5.93. The zero-order valence-electron chi connectivity index (χ0n) is 14.2. The molecule has 10 heteroatoms. The lowest BCUT2D eigenvalue weighted by molar-refractivity contribution is -0.137. The minimum Gasteiger partial charge on any atom is -0.393 e. The first kappa shape index (κ1) is 18.9. The number of anilines is 3. The zero-order valence-corrected chi connectivity index (χ0v) is 14.2. The Hall–Kier alpha value is -2.88. The molecule has 7 nitrogen and oxygen atoms in total. The van der Waals surface area contributed by atoms with Crippen LogP contribution in [0.25, 0.3) is 0 Å². The number of hydrogen-bond acceptors (Lipinski definition) is 6. The topological polar surface area (TPSA) is 104 Å². The van der Waals surface area contributed by atoms with Gasteiger partial charge in [0.25, 0.3) is 0 Å². The molecule has 3 rings (SSSR count). The Morgan fingerprint density at radius 2 is 1.85 bits per heavy atom. The number of alkyl halides is 3. The summed E-state index contributed by atoms with van der Waals surface area (Å²) in [6.45, 7) is 0.544. The maximum absolute atomic E-state index is 13.3. The van der Waals surface area contributed by atoms with Crippen molar-refractivity contribution in [1.29, 1.82) is 0 Å². The van der Waals surface area contributed by atoms with Gasteiger partial charge in [-0.1, -0.05) is 0 Å². The van der Waals surface area contributed by atoms with E-state index in [-0.39, 0.29) is 24.9 Å². The summed E-state index contributed by atoms with van der Waals surface area (Å²) in [5, 5.41) is 12.4. The van der Waals surface area contributed by atoms with Gasteiger partial charge in [-0.25, -0.2) is 4.98 Å². The van der Waals surface area contributed by atoms with Gasteiger partial charge < -0.3 is 21.1 Å². The molecular weight excluding hydrogens is 363 g/mol. The van der Waals surface area contributed by atoms with Gasteiger partial charge in [0.1, 0.15) is 11.4 Å². The van der Waals surface area contributed by atoms with E-state index in [0.717, 1.165) is 6.20 Å². The highest BCUT2D eigenvalue weighted by Gasteiger charge is 2.37. The van der Waals surface area contributed by atoms with Gasteiger partial charge in [-0.3, -0.25) is 4.79 Å². The Kier molecular flexibility index (Phi) is 5.17. The number of nitrogens with zero attached hydrogens (tertiary/aromatic N) is 3. The van der Waals surface area contributed by atoms with Gasteiger partial charge in [-0.05, 0) is 37.1 Å². The Morgan fingerprint density at radius 3 is 2.41 bits per heavy atom. The number of halogens is 3. The first-order chi connectivity index (χ1) is 12.7. The lowest BCUT2D eigenvalue weighted by atomic mass is 10.1. The Morgan fingerprint density at radius 1 is 1.22 bits per heavy atom. The van der Waals surface area contributed by atoms with Crippen LogP contribution in [0.3, 0.4) is 0 Å². The fourth-order valence-electron chi connectivity index (χ4n) is 2.80. The van der Waals surface area contributed by atoms with Crippen LogP contribution in [0.2, 0.25) is 0 Å². The zero-order chi connectivity index (χ0) is 19.6. The molecule has 4 N–H and O–H groups in total. The molecule has 1 fully saturated rings. The van der Waals surface area contributed by atoms with Gasteiger partial charge in [0, 0.05) is 30.5 Å². The third-order valence-corrected chi connectivity index (χ3v) is 4.26. The van der Waals surface area contributed by atoms with Crippen LogP contribution in [0.1, 0.15) is 28.8 Å². The average molecular weight is 381 g/mol. The van der Waals surface area contributed by atoms with Crippen LogP contribution in [-0.2, 0) is 6.18 Å². The third kappa shape index (κ3) is 4.45. The SMILES string of the molecule is NC(=O)c1ccc(Nc2ncc(C(F)(F)F)c(N3CCC(O)CC3)n2)cc1. The van der Waals surface area contributed by atoms with E-state index in [1.54, 1.807) is 12.1 Å². The van der Waals surface area contributed by atoms with Crippen molar-refractivity contribution in [3.63, 3.8) is 0 Å². The highest BCUT2D eigenvalue weighted by Crippen LogP contribution is 2.36. The smallest absolute Gasteiger partial charge is 0.393 e. The predicted octanol–water partition coefficient (Wildman–Crippen LogP) is 2.30. The van der Waals surface area contributed by atoms with Gasteiger partial charge in [0.05, 0.1) is 6.10 Å². The summed E-state index contributed by atoms with van der Waals surface area (Å²) in [4.78, 5) is 20.4. The second-order valence-corrected chi connectivity index (χ2v) is 6.21. The quantitative estimate of drug-likeness (QED) is 0.751. The van der Waals surface area contributed by atoms with E-state index in [1.165, 1.54) is 17.0 Å². The van der Waals surface area contributed by atoms with Gasteiger partial charge >= 0.3 is 6.18 Å². The van der Waals surface area contributed by atoms with Crippen molar-refractivity contribution in [3.05, 3.63) is 41.6 Å². The molecule has 0 radical (unpaired) electrons. The van der Waals surface area contributed by atoms with E-state index in [0.29, 0.717) is 24.1 Å². The van der Waals surface area contributed by atoms with Crippen LogP contribution in [0.15, 0.2) is 30.5 Å². The van der Waals surface area contributed by atoms with Crippen molar-refractivity contribution < 1.29 is 23.1 Å². The number of carbonyl (C=O) groups is 1. The number of aliphatic hydroxyl groups is 1. The molecule has 2 aromatic rings. The normalized spacial score (nSPS) is 15.6. The van der Waals surface area contributed by atoms with Crippen molar-refractivity contribution in [2.75, 3.05) is 23.3 Å². The van der Waals surface area contributed by atoms with Crippen molar-refractivity contribution in [2.45, 2.75) is 25.1 Å². The van der Waals surface area contributed by atoms with Crippen LogP contribution in [0.4, 0.5) is 30.6 Å². The van der Waals surface area contributed by atoms with E-state index < -0.39 is 23.8 Å². The number of nitrogens with one attached hydrogen (secondary N) is 1. The Balaban J connectivity index is 1.88. The number of primary amides is 1. The monoisotopic (exact) mass is 381 g/mol. The fraction of sp³-hybridized carbons (Fsp3) is 0.353. The van der Waals surface area contributed by atoms with Crippen molar-refractivity contribution in [1.82, 2.24) is 9.97 Å². The van der Waals surface area contributed by atoms with Gasteiger partial charge in [0.15, 0.2) is 0 Å². The molecule has 1 aliphatic heterocycles. The minimum atomic E-state index is -4.59. The number of amides is 1. The molecule has 1 aromatic carbocycles. The number of piperidine rings is 1. The molecule has 0 bridgehead atoms. The Labute approximate surface area is 153 Å². The summed E-state index contributed by atoms with van der Waals surface area (Å²) in [5.41, 5.74) is 5.06. The number of aliphatic hydroxyl groups excluding tert-OH is 1. The maximum Gasteiger partial charge on any atom is 0.421 e. The summed E-state index contributed by atoms with van der Waals surface area (Å²) < 4.78 is 40.0. The molecule has 27 heavy (non-hydrogen) atoms. The molecule has 0 aliphatic carbocycles. The maximum atomic E-state index is 13.3. The molecule has 1 aromatic heterocycles. The third-order valence-electron chi connectivity index (χ3n) is 4.26. The lowest BCUT2D eigenvalue weighted by Crippen LogP contribution is -2.37. The van der Waals surface area contributed by atoms with Gasteiger partial charge in [0.2, 0.25) is 11.9 Å². The largest absolute Gasteiger partial charge is 0.421 e. The number of carbonyl (C=O) groups excluding carboxylic acids is 1. The molecule has 1 saturated heterocycles. The van der Waals surface area contributed by atoms with Crippen molar-refractivity contribution >= 4 is 23.4 Å². The molecule has 1 aliphatic rings. The fourth-order valence-corrected chi connectivity index (χ4v) is 2.80. The minimum absolute atomic E-state index is 0.00375. The van der Waals surface area contributed by atoms with E-state index in [1.807, 2.05) is 0 Å². The van der Waals surface area contributed by atoms with Crippen LogP contribution < -0.4 is 16.0 Å². The second-order valence-electron chi connectivity index (χ2n) is 6.21.